The van der Waals surface area contributed by atoms with E-state index in [9.17, 15) is 4.79 Å². The average molecular weight is 310 g/mol. The molecule has 3 rings (SSSR count). The van der Waals surface area contributed by atoms with Gasteiger partial charge < -0.3 is 10.6 Å². The van der Waals surface area contributed by atoms with E-state index < -0.39 is 0 Å². The molecule has 122 valence electrons. The first-order valence-electron chi connectivity index (χ1n) is 8.52. The number of rotatable bonds is 2. The van der Waals surface area contributed by atoms with Crippen LogP contribution in [0.5, 0.6) is 0 Å². The summed E-state index contributed by atoms with van der Waals surface area (Å²) < 4.78 is 0. The smallest absolute Gasteiger partial charge is 0.315 e. The lowest BCUT2D eigenvalue weighted by molar-refractivity contribution is 0.123. The average Bonchev–Trinajstić information content (AvgIpc) is 2.86. The van der Waals surface area contributed by atoms with Crippen LogP contribution in [0.3, 0.4) is 0 Å². The summed E-state index contributed by atoms with van der Waals surface area (Å²) in [5, 5.41) is 6.05. The molecule has 0 aliphatic heterocycles. The highest BCUT2D eigenvalue weighted by Crippen LogP contribution is 2.65. The third-order valence-corrected chi connectivity index (χ3v) is 6.44. The molecule has 3 nitrogen and oxygen atoms in total. The van der Waals surface area contributed by atoms with Crippen LogP contribution in [-0.4, -0.2) is 18.6 Å². The van der Waals surface area contributed by atoms with Crippen LogP contribution < -0.4 is 10.6 Å². The predicted octanol–water partition coefficient (Wildman–Crippen LogP) is 3.55. The summed E-state index contributed by atoms with van der Waals surface area (Å²) in [5.74, 6) is 6.78. The summed E-state index contributed by atoms with van der Waals surface area (Å²) >= 11 is 0. The Morgan fingerprint density at radius 2 is 2.00 bits per heavy atom. The Morgan fingerprint density at radius 3 is 2.61 bits per heavy atom. The molecule has 0 unspecified atom stereocenters. The number of amides is 2. The summed E-state index contributed by atoms with van der Waals surface area (Å²) in [7, 11) is 0. The molecule has 2 amide bonds. The Labute approximate surface area is 139 Å². The van der Waals surface area contributed by atoms with Gasteiger partial charge in [-0.2, -0.15) is 0 Å². The number of carbonyl (C=O) groups excluding carboxylic acids is 1. The fourth-order valence-corrected chi connectivity index (χ4v) is 4.42. The topological polar surface area (TPSA) is 41.1 Å². The summed E-state index contributed by atoms with van der Waals surface area (Å²) in [6.45, 7) is 7.42. The fourth-order valence-electron chi connectivity index (χ4n) is 4.42. The van der Waals surface area contributed by atoms with Gasteiger partial charge in [-0.15, -0.1) is 0 Å². The lowest BCUT2D eigenvalue weighted by atomic mass is 9.69. The highest BCUT2D eigenvalue weighted by molar-refractivity contribution is 5.74. The molecule has 1 aromatic rings. The molecule has 0 heterocycles. The Hall–Kier alpha value is -1.95. The van der Waals surface area contributed by atoms with E-state index in [0.29, 0.717) is 12.0 Å². The van der Waals surface area contributed by atoms with Crippen LogP contribution in [0.4, 0.5) is 4.79 Å². The zero-order chi connectivity index (χ0) is 16.5. The molecule has 1 aromatic carbocycles. The van der Waals surface area contributed by atoms with E-state index in [2.05, 4.69) is 43.2 Å². The van der Waals surface area contributed by atoms with Crippen molar-refractivity contribution in [3.63, 3.8) is 0 Å². The van der Waals surface area contributed by atoms with Crippen LogP contribution in [0.25, 0.3) is 0 Å². The second kappa shape index (κ2) is 5.92. The van der Waals surface area contributed by atoms with Gasteiger partial charge in [0.15, 0.2) is 0 Å². The normalized spacial score (nSPS) is 30.4. The Bertz CT molecular complexity index is 641. The van der Waals surface area contributed by atoms with Crippen LogP contribution in [0, 0.1) is 28.6 Å². The highest BCUT2D eigenvalue weighted by atomic mass is 16.2. The van der Waals surface area contributed by atoms with Crippen molar-refractivity contribution in [2.24, 2.45) is 16.7 Å². The van der Waals surface area contributed by atoms with Crippen molar-refractivity contribution in [3.8, 4) is 11.8 Å². The van der Waals surface area contributed by atoms with Crippen molar-refractivity contribution in [3.05, 3.63) is 35.9 Å². The molecule has 0 aromatic heterocycles. The molecular weight excluding hydrogens is 284 g/mol. The van der Waals surface area contributed by atoms with Gasteiger partial charge in [-0.25, -0.2) is 4.79 Å². The zero-order valence-corrected chi connectivity index (χ0v) is 14.3. The first-order chi connectivity index (χ1) is 10.9. The molecule has 23 heavy (non-hydrogen) atoms. The Kier molecular flexibility index (Phi) is 4.10. The van der Waals surface area contributed by atoms with Crippen LogP contribution >= 0.6 is 0 Å². The number of fused-ring (bicyclic) bond motifs is 2. The van der Waals surface area contributed by atoms with E-state index in [1.54, 1.807) is 0 Å². The molecular formula is C20H26N2O. The lowest BCUT2D eigenvalue weighted by Gasteiger charge is -2.39. The molecule has 0 radical (unpaired) electrons. The summed E-state index contributed by atoms with van der Waals surface area (Å²) in [5.41, 5.74) is 1.50. The van der Waals surface area contributed by atoms with Gasteiger partial charge in [0.25, 0.3) is 0 Å². The standard InChI is InChI=1S/C20H26N2O/c1-19(2)16-11-12-20(19,3)17(14-16)22-18(23)21-13-7-10-15-8-5-4-6-9-15/h4-6,8-9,16-17H,11-14H2,1-3H3,(H2,21,22,23)/t16-,17+,20-/m0/s1. The molecule has 3 heteroatoms. The maximum absolute atomic E-state index is 12.1. The number of nitrogens with one attached hydrogen (secondary N) is 2. The fraction of sp³-hybridized carbons (Fsp3) is 0.550. The van der Waals surface area contributed by atoms with Crippen molar-refractivity contribution in [1.82, 2.24) is 10.6 Å². The molecule has 2 saturated carbocycles. The SMILES string of the molecule is CC1(C)[C@H]2CC[C@@]1(C)[C@H](NC(=O)NCC#Cc1ccccc1)C2. The first kappa shape index (κ1) is 15.9. The zero-order valence-electron chi connectivity index (χ0n) is 14.3. The maximum atomic E-state index is 12.1. The van der Waals surface area contributed by atoms with Crippen LogP contribution in [0.15, 0.2) is 30.3 Å². The monoisotopic (exact) mass is 310 g/mol. The van der Waals surface area contributed by atoms with E-state index >= 15 is 0 Å². The van der Waals surface area contributed by atoms with Crippen molar-refractivity contribution in [2.75, 3.05) is 6.54 Å². The maximum Gasteiger partial charge on any atom is 0.315 e. The van der Waals surface area contributed by atoms with Gasteiger partial charge in [-0.05, 0) is 48.1 Å². The van der Waals surface area contributed by atoms with Crippen molar-refractivity contribution in [1.29, 1.82) is 0 Å². The van der Waals surface area contributed by atoms with Gasteiger partial charge in [-0.3, -0.25) is 0 Å². The molecule has 0 saturated heterocycles. The minimum atomic E-state index is -0.0954. The number of hydrogen-bond donors (Lipinski definition) is 2. The highest BCUT2D eigenvalue weighted by Gasteiger charge is 2.61. The molecule has 2 N–H and O–H groups in total. The number of carbonyl (C=O) groups is 1. The van der Waals surface area contributed by atoms with Gasteiger partial charge in [0.05, 0.1) is 6.54 Å². The largest absolute Gasteiger partial charge is 0.335 e. The summed E-state index contributed by atoms with van der Waals surface area (Å²) in [4.78, 5) is 12.1. The van der Waals surface area contributed by atoms with Gasteiger partial charge in [0.1, 0.15) is 0 Å². The van der Waals surface area contributed by atoms with Gasteiger partial charge in [0, 0.05) is 11.6 Å². The van der Waals surface area contributed by atoms with E-state index in [1.807, 2.05) is 30.3 Å². The van der Waals surface area contributed by atoms with Crippen molar-refractivity contribution in [2.45, 2.75) is 46.1 Å². The van der Waals surface area contributed by atoms with Gasteiger partial charge >= 0.3 is 6.03 Å². The second-order valence-corrected chi connectivity index (χ2v) is 7.66. The van der Waals surface area contributed by atoms with E-state index in [0.717, 1.165) is 17.9 Å². The van der Waals surface area contributed by atoms with Crippen LogP contribution in [0.1, 0.15) is 45.6 Å². The third-order valence-electron chi connectivity index (χ3n) is 6.44. The predicted molar refractivity (Wildman–Crippen MR) is 92.9 cm³/mol. The lowest BCUT2D eigenvalue weighted by Crippen LogP contribution is -2.50. The number of hydrogen-bond acceptors (Lipinski definition) is 1. The molecule has 3 atom stereocenters. The van der Waals surface area contributed by atoms with Gasteiger partial charge in [0.2, 0.25) is 0 Å². The third kappa shape index (κ3) is 2.83. The summed E-state index contributed by atoms with van der Waals surface area (Å²) in [6, 6.07) is 9.99. The molecule has 2 bridgehead atoms. The van der Waals surface area contributed by atoms with E-state index in [1.165, 1.54) is 12.8 Å². The van der Waals surface area contributed by atoms with E-state index in [4.69, 9.17) is 0 Å². The van der Waals surface area contributed by atoms with Crippen LogP contribution in [-0.2, 0) is 0 Å². The first-order valence-corrected chi connectivity index (χ1v) is 8.52. The molecule has 0 spiro atoms. The van der Waals surface area contributed by atoms with Crippen molar-refractivity contribution >= 4 is 6.03 Å². The molecule has 2 aliphatic rings. The summed E-state index contributed by atoms with van der Waals surface area (Å²) in [6.07, 6.45) is 3.61. The Balaban J connectivity index is 1.51. The van der Waals surface area contributed by atoms with Gasteiger partial charge in [-0.1, -0.05) is 50.8 Å². The molecule has 2 fully saturated rings. The van der Waals surface area contributed by atoms with Crippen LogP contribution in [0.2, 0.25) is 0 Å². The molecule has 2 aliphatic carbocycles. The number of urea groups is 1. The quantitative estimate of drug-likeness (QED) is 0.806. The Morgan fingerprint density at radius 1 is 1.26 bits per heavy atom. The van der Waals surface area contributed by atoms with Crippen molar-refractivity contribution < 1.29 is 4.79 Å². The number of benzene rings is 1. The van der Waals surface area contributed by atoms with E-state index in [-0.39, 0.29) is 17.5 Å². The minimum Gasteiger partial charge on any atom is -0.335 e. The second-order valence-electron chi connectivity index (χ2n) is 7.66. The minimum absolute atomic E-state index is 0.0954.